The number of benzene rings is 8. The molecule has 0 aliphatic heterocycles. The maximum atomic E-state index is 6.96. The number of furan rings is 2. The molecule has 0 bridgehead atoms. The Labute approximate surface area is 301 Å². The number of rotatable bonds is 4. The van der Waals surface area contributed by atoms with Crippen molar-refractivity contribution in [2.75, 3.05) is 4.90 Å². The van der Waals surface area contributed by atoms with Crippen LogP contribution in [0.1, 0.15) is 25.0 Å². The highest BCUT2D eigenvalue weighted by Gasteiger charge is 2.36. The van der Waals surface area contributed by atoms with Crippen molar-refractivity contribution in [1.29, 1.82) is 0 Å². The lowest BCUT2D eigenvalue weighted by molar-refractivity contribution is 0.660. The van der Waals surface area contributed by atoms with Gasteiger partial charge in [-0.3, -0.25) is 0 Å². The van der Waals surface area contributed by atoms with E-state index in [1.807, 2.05) is 12.1 Å². The first kappa shape index (κ1) is 29.2. The highest BCUT2D eigenvalue weighted by molar-refractivity contribution is 6.22. The van der Waals surface area contributed by atoms with Crippen LogP contribution in [0.25, 0.3) is 76.9 Å². The fourth-order valence-corrected chi connectivity index (χ4v) is 8.71. The summed E-state index contributed by atoms with van der Waals surface area (Å²) in [6.07, 6.45) is 0. The predicted molar refractivity (Wildman–Crippen MR) is 216 cm³/mol. The van der Waals surface area contributed by atoms with Gasteiger partial charge in [-0.05, 0) is 92.7 Å². The van der Waals surface area contributed by atoms with Gasteiger partial charge in [-0.1, -0.05) is 123 Å². The molecule has 0 saturated heterocycles. The first-order valence-electron chi connectivity index (χ1n) is 17.9. The van der Waals surface area contributed by atoms with Crippen LogP contribution >= 0.6 is 0 Å². The third-order valence-electron chi connectivity index (χ3n) is 11.2. The van der Waals surface area contributed by atoms with Crippen molar-refractivity contribution in [3.8, 4) is 22.3 Å². The number of hydrogen-bond donors (Lipinski definition) is 0. The molecule has 8 aromatic carbocycles. The minimum Gasteiger partial charge on any atom is -0.456 e. The number of hydrogen-bond acceptors (Lipinski definition) is 3. The van der Waals surface area contributed by atoms with E-state index in [4.69, 9.17) is 8.83 Å². The largest absolute Gasteiger partial charge is 0.456 e. The molecule has 2 heterocycles. The number of nitrogens with zero attached hydrogens (tertiary/aromatic N) is 1. The Morgan fingerprint density at radius 2 is 1.15 bits per heavy atom. The minimum absolute atomic E-state index is 0.157. The molecular weight excluding hydrogens is 635 g/mol. The summed E-state index contributed by atoms with van der Waals surface area (Å²) in [5.74, 6) is 0. The van der Waals surface area contributed by atoms with E-state index in [2.05, 4.69) is 170 Å². The lowest BCUT2D eigenvalue weighted by Gasteiger charge is -2.28. The second kappa shape index (κ2) is 10.7. The molecule has 52 heavy (non-hydrogen) atoms. The molecule has 0 amide bonds. The molecule has 0 atom stereocenters. The van der Waals surface area contributed by atoms with Crippen LogP contribution in [0.2, 0.25) is 0 Å². The van der Waals surface area contributed by atoms with Crippen LogP contribution in [-0.4, -0.2) is 0 Å². The Kier molecular flexibility index (Phi) is 6.01. The molecule has 0 saturated carbocycles. The van der Waals surface area contributed by atoms with Gasteiger partial charge in [0.1, 0.15) is 16.7 Å². The molecule has 2 aromatic heterocycles. The molecule has 0 unspecified atom stereocenters. The topological polar surface area (TPSA) is 29.5 Å². The molecule has 246 valence electrons. The normalized spacial score (nSPS) is 13.3. The molecule has 0 N–H and O–H groups in total. The lowest BCUT2D eigenvalue weighted by atomic mass is 9.82. The van der Waals surface area contributed by atoms with Crippen LogP contribution in [0.4, 0.5) is 17.1 Å². The Morgan fingerprint density at radius 1 is 0.442 bits per heavy atom. The fraction of sp³-hybridized carbons (Fsp3) is 0.0612. The summed E-state index contributed by atoms with van der Waals surface area (Å²) < 4.78 is 13.5. The van der Waals surface area contributed by atoms with E-state index in [1.165, 1.54) is 33.0 Å². The third-order valence-corrected chi connectivity index (χ3v) is 11.2. The lowest BCUT2D eigenvalue weighted by Crippen LogP contribution is -2.16. The van der Waals surface area contributed by atoms with E-state index in [1.54, 1.807) is 0 Å². The van der Waals surface area contributed by atoms with Gasteiger partial charge in [0.05, 0.1) is 11.4 Å². The van der Waals surface area contributed by atoms with Gasteiger partial charge in [0.25, 0.3) is 0 Å². The molecule has 0 radical (unpaired) electrons. The van der Waals surface area contributed by atoms with Crippen LogP contribution in [0.15, 0.2) is 173 Å². The standard InChI is InChI=1S/C49H33NO2/c1-49(2)41-18-10-8-16-36(41)37-23-21-33(28-42(37)49)50(34-22-24-39-38-17-9-11-19-44(38)51-46(39)29-34)43-27-32(30-12-4-3-5-13-30)26-40-47-35-15-7-6-14-31(35)20-25-45(47)52-48(40)43/h3-29H,1-2H3. The van der Waals surface area contributed by atoms with Gasteiger partial charge in [0, 0.05) is 38.7 Å². The SMILES string of the molecule is CC1(C)c2ccccc2-c2ccc(N(c3ccc4c(c3)oc3ccccc34)c3cc(-c4ccccc4)cc4c3oc3ccc5ccccc5c34)cc21. The van der Waals surface area contributed by atoms with Crippen molar-refractivity contribution in [3.05, 3.63) is 175 Å². The molecule has 10 aromatic rings. The van der Waals surface area contributed by atoms with Gasteiger partial charge in [-0.15, -0.1) is 0 Å². The first-order chi connectivity index (χ1) is 25.5. The minimum atomic E-state index is -0.157. The Bertz CT molecular complexity index is 3050. The third kappa shape index (κ3) is 4.14. The molecule has 11 rings (SSSR count). The summed E-state index contributed by atoms with van der Waals surface area (Å²) >= 11 is 0. The van der Waals surface area contributed by atoms with Gasteiger partial charge in [0.2, 0.25) is 0 Å². The molecule has 0 fully saturated rings. The van der Waals surface area contributed by atoms with E-state index < -0.39 is 0 Å². The van der Waals surface area contributed by atoms with E-state index in [-0.39, 0.29) is 5.41 Å². The van der Waals surface area contributed by atoms with Crippen molar-refractivity contribution in [3.63, 3.8) is 0 Å². The van der Waals surface area contributed by atoms with Crippen molar-refractivity contribution in [1.82, 2.24) is 0 Å². The Morgan fingerprint density at radius 3 is 2.06 bits per heavy atom. The summed E-state index contributed by atoms with van der Waals surface area (Å²) in [5.41, 5.74) is 13.9. The van der Waals surface area contributed by atoms with E-state index in [9.17, 15) is 0 Å². The van der Waals surface area contributed by atoms with Gasteiger partial charge >= 0.3 is 0 Å². The Balaban J connectivity index is 1.24. The highest BCUT2D eigenvalue weighted by atomic mass is 16.3. The average Bonchev–Trinajstić information content (AvgIpc) is 3.83. The van der Waals surface area contributed by atoms with Crippen molar-refractivity contribution < 1.29 is 8.83 Å². The van der Waals surface area contributed by atoms with Gasteiger partial charge in [0.15, 0.2) is 5.58 Å². The predicted octanol–water partition coefficient (Wildman–Crippen LogP) is 14.1. The van der Waals surface area contributed by atoms with Gasteiger partial charge in [-0.25, -0.2) is 0 Å². The van der Waals surface area contributed by atoms with Gasteiger partial charge < -0.3 is 13.7 Å². The van der Waals surface area contributed by atoms with Crippen molar-refractivity contribution in [2.45, 2.75) is 19.3 Å². The summed E-state index contributed by atoms with van der Waals surface area (Å²) in [4.78, 5) is 2.37. The zero-order valence-corrected chi connectivity index (χ0v) is 28.9. The molecular formula is C49H33NO2. The zero-order chi connectivity index (χ0) is 34.6. The van der Waals surface area contributed by atoms with E-state index in [0.717, 1.165) is 72.1 Å². The first-order valence-corrected chi connectivity index (χ1v) is 17.9. The molecule has 1 aliphatic rings. The summed E-state index contributed by atoms with van der Waals surface area (Å²) in [7, 11) is 0. The summed E-state index contributed by atoms with van der Waals surface area (Å²) in [6.45, 7) is 4.68. The maximum absolute atomic E-state index is 6.96. The monoisotopic (exact) mass is 667 g/mol. The molecule has 3 heteroatoms. The zero-order valence-electron chi connectivity index (χ0n) is 28.9. The summed E-state index contributed by atoms with van der Waals surface area (Å²) in [6, 6.07) is 58.7. The maximum Gasteiger partial charge on any atom is 0.159 e. The second-order valence-corrected chi connectivity index (χ2v) is 14.5. The smallest absolute Gasteiger partial charge is 0.159 e. The molecule has 3 nitrogen and oxygen atoms in total. The number of para-hydroxylation sites is 1. The summed E-state index contributed by atoms with van der Waals surface area (Å²) in [5, 5.41) is 6.81. The van der Waals surface area contributed by atoms with Crippen LogP contribution in [0.3, 0.4) is 0 Å². The van der Waals surface area contributed by atoms with E-state index >= 15 is 0 Å². The van der Waals surface area contributed by atoms with Gasteiger partial charge in [-0.2, -0.15) is 0 Å². The highest BCUT2D eigenvalue weighted by Crippen LogP contribution is 2.52. The van der Waals surface area contributed by atoms with Crippen LogP contribution in [-0.2, 0) is 5.41 Å². The van der Waals surface area contributed by atoms with Crippen LogP contribution in [0.5, 0.6) is 0 Å². The van der Waals surface area contributed by atoms with E-state index in [0.29, 0.717) is 0 Å². The van der Waals surface area contributed by atoms with Crippen molar-refractivity contribution in [2.24, 2.45) is 0 Å². The number of fused-ring (bicyclic) bond motifs is 11. The fourth-order valence-electron chi connectivity index (χ4n) is 8.71. The average molecular weight is 668 g/mol. The molecule has 1 aliphatic carbocycles. The number of anilines is 3. The van der Waals surface area contributed by atoms with Crippen LogP contribution in [0, 0.1) is 0 Å². The quantitative estimate of drug-likeness (QED) is 0.187. The van der Waals surface area contributed by atoms with Crippen LogP contribution < -0.4 is 4.90 Å². The Hall–Kier alpha value is -6.58. The van der Waals surface area contributed by atoms with Crippen molar-refractivity contribution >= 4 is 71.7 Å². The second-order valence-electron chi connectivity index (χ2n) is 14.5. The molecule has 0 spiro atoms.